The number of anilines is 1. The first-order valence-electron chi connectivity index (χ1n) is 8.10. The van der Waals surface area contributed by atoms with Crippen molar-refractivity contribution >= 4 is 29.2 Å². The minimum atomic E-state index is -0.0878. The zero-order valence-corrected chi connectivity index (χ0v) is 14.7. The van der Waals surface area contributed by atoms with Crippen LogP contribution in [-0.4, -0.2) is 31.0 Å². The van der Waals surface area contributed by atoms with Crippen molar-refractivity contribution in [3.8, 4) is 0 Å². The Kier molecular flexibility index (Phi) is 6.28. The molecule has 1 fully saturated rings. The molecule has 0 bridgehead atoms. The second kappa shape index (κ2) is 8.20. The molecule has 1 aromatic carbocycles. The molecule has 1 aromatic rings. The Morgan fingerprint density at radius 2 is 2.17 bits per heavy atom. The van der Waals surface area contributed by atoms with E-state index in [2.05, 4.69) is 27.9 Å². The molecule has 0 spiro atoms. The largest absolute Gasteiger partial charge is 0.357 e. The quantitative estimate of drug-likeness (QED) is 0.552. The molecule has 1 saturated carbocycles. The van der Waals surface area contributed by atoms with E-state index in [-0.39, 0.29) is 5.91 Å². The summed E-state index contributed by atoms with van der Waals surface area (Å²) < 4.78 is 0. The maximum absolute atomic E-state index is 12.0. The molecule has 1 aliphatic rings. The van der Waals surface area contributed by atoms with Gasteiger partial charge < -0.3 is 16.0 Å². The van der Waals surface area contributed by atoms with Crippen molar-refractivity contribution in [2.45, 2.75) is 39.7 Å². The van der Waals surface area contributed by atoms with Gasteiger partial charge in [0.2, 0.25) is 5.91 Å². The number of aliphatic imine (C=N–C) groups is 1. The number of rotatable bonds is 6. The Balaban J connectivity index is 1.81. The number of nitrogens with one attached hydrogen (secondary N) is 3. The van der Waals surface area contributed by atoms with Gasteiger partial charge in [0.1, 0.15) is 0 Å². The van der Waals surface area contributed by atoms with Crippen molar-refractivity contribution in [1.82, 2.24) is 10.6 Å². The molecular weight excluding hydrogens is 312 g/mol. The summed E-state index contributed by atoms with van der Waals surface area (Å²) in [6, 6.07) is 6.08. The number of hydrogen-bond acceptors (Lipinski definition) is 2. The number of guanidine groups is 1. The monoisotopic (exact) mass is 336 g/mol. The van der Waals surface area contributed by atoms with Gasteiger partial charge in [-0.2, -0.15) is 0 Å². The Labute approximate surface area is 142 Å². The lowest BCUT2D eigenvalue weighted by molar-refractivity contribution is -0.116. The third kappa shape index (κ3) is 5.75. The molecule has 6 heteroatoms. The highest BCUT2D eigenvalue weighted by atomic mass is 35.5. The van der Waals surface area contributed by atoms with Crippen LogP contribution in [-0.2, 0) is 4.79 Å². The minimum Gasteiger partial charge on any atom is -0.357 e. The van der Waals surface area contributed by atoms with E-state index in [4.69, 9.17) is 11.6 Å². The average molecular weight is 337 g/mol. The zero-order valence-electron chi connectivity index (χ0n) is 13.9. The summed E-state index contributed by atoms with van der Waals surface area (Å²) in [5.74, 6) is 1.39. The van der Waals surface area contributed by atoms with Crippen LogP contribution in [0.5, 0.6) is 0 Å². The van der Waals surface area contributed by atoms with Crippen LogP contribution in [0.4, 0.5) is 5.69 Å². The molecule has 0 saturated heterocycles. The standard InChI is InChI=1S/C17H25ClN4O/c1-4-19-17(22-15-10-12(15)3)20-8-7-16(23)21-14-6-5-11(2)9-13(14)18/h5-6,9,12,15H,4,7-8,10H2,1-3H3,(H,21,23)(H2,19,20,22). The first kappa shape index (κ1) is 17.6. The number of amides is 1. The van der Waals surface area contributed by atoms with Gasteiger partial charge in [-0.3, -0.25) is 9.79 Å². The molecule has 2 atom stereocenters. The topological polar surface area (TPSA) is 65.5 Å². The zero-order chi connectivity index (χ0) is 16.8. The lowest BCUT2D eigenvalue weighted by Gasteiger charge is -2.11. The average Bonchev–Trinajstić information content (AvgIpc) is 3.17. The van der Waals surface area contributed by atoms with Crippen LogP contribution in [0.2, 0.25) is 5.02 Å². The lowest BCUT2D eigenvalue weighted by atomic mass is 10.2. The number of aryl methyl sites for hydroxylation is 1. The van der Waals surface area contributed by atoms with Crippen molar-refractivity contribution in [2.75, 3.05) is 18.4 Å². The highest BCUT2D eigenvalue weighted by Crippen LogP contribution is 2.28. The predicted molar refractivity (Wildman–Crippen MR) is 96.1 cm³/mol. The Morgan fingerprint density at radius 3 is 2.78 bits per heavy atom. The van der Waals surface area contributed by atoms with Gasteiger partial charge in [0, 0.05) is 19.0 Å². The summed E-state index contributed by atoms with van der Waals surface area (Å²) in [4.78, 5) is 16.4. The van der Waals surface area contributed by atoms with Crippen LogP contribution in [0, 0.1) is 12.8 Å². The molecule has 5 nitrogen and oxygen atoms in total. The second-order valence-electron chi connectivity index (χ2n) is 6.01. The summed E-state index contributed by atoms with van der Waals surface area (Å²) in [7, 11) is 0. The first-order valence-corrected chi connectivity index (χ1v) is 8.48. The van der Waals surface area contributed by atoms with E-state index < -0.39 is 0 Å². The molecule has 1 aliphatic carbocycles. The molecule has 2 unspecified atom stereocenters. The first-order chi connectivity index (χ1) is 11.0. The van der Waals surface area contributed by atoms with Crippen molar-refractivity contribution in [3.05, 3.63) is 28.8 Å². The molecular formula is C17H25ClN4O. The third-order valence-electron chi connectivity index (χ3n) is 3.78. The third-order valence-corrected chi connectivity index (χ3v) is 4.10. The normalized spacial score (nSPS) is 20.1. The molecule has 0 heterocycles. The van der Waals surface area contributed by atoms with Gasteiger partial charge in [-0.05, 0) is 43.9 Å². The van der Waals surface area contributed by atoms with Crippen LogP contribution in [0.1, 0.15) is 32.3 Å². The fraction of sp³-hybridized carbons (Fsp3) is 0.529. The predicted octanol–water partition coefficient (Wildman–Crippen LogP) is 2.94. The van der Waals surface area contributed by atoms with E-state index >= 15 is 0 Å². The SMILES string of the molecule is CCNC(=NCCC(=O)Nc1ccc(C)cc1Cl)NC1CC1C. The maximum atomic E-state index is 12.0. The molecule has 1 amide bonds. The Hall–Kier alpha value is -1.75. The summed E-state index contributed by atoms with van der Waals surface area (Å²) in [5.41, 5.74) is 1.70. The van der Waals surface area contributed by atoms with Crippen molar-refractivity contribution in [2.24, 2.45) is 10.9 Å². The van der Waals surface area contributed by atoms with E-state index in [9.17, 15) is 4.79 Å². The maximum Gasteiger partial charge on any atom is 0.226 e. The number of carbonyl (C=O) groups excluding carboxylic acids is 1. The second-order valence-corrected chi connectivity index (χ2v) is 6.41. The van der Waals surface area contributed by atoms with Gasteiger partial charge in [-0.25, -0.2) is 0 Å². The fourth-order valence-electron chi connectivity index (χ4n) is 2.22. The lowest BCUT2D eigenvalue weighted by Crippen LogP contribution is -2.39. The van der Waals surface area contributed by atoms with Crippen LogP contribution < -0.4 is 16.0 Å². The Morgan fingerprint density at radius 1 is 1.43 bits per heavy atom. The Bertz CT molecular complexity index is 588. The van der Waals surface area contributed by atoms with E-state index in [0.717, 1.165) is 18.1 Å². The van der Waals surface area contributed by atoms with E-state index in [1.807, 2.05) is 32.0 Å². The van der Waals surface area contributed by atoms with Crippen LogP contribution >= 0.6 is 11.6 Å². The number of hydrogen-bond donors (Lipinski definition) is 3. The number of nitrogens with zero attached hydrogens (tertiary/aromatic N) is 1. The summed E-state index contributed by atoms with van der Waals surface area (Å²) in [6.07, 6.45) is 1.50. The summed E-state index contributed by atoms with van der Waals surface area (Å²) in [6.45, 7) is 7.44. The minimum absolute atomic E-state index is 0.0878. The smallest absolute Gasteiger partial charge is 0.226 e. The van der Waals surface area contributed by atoms with Gasteiger partial charge in [0.05, 0.1) is 17.3 Å². The molecule has 2 rings (SSSR count). The van der Waals surface area contributed by atoms with Crippen LogP contribution in [0.25, 0.3) is 0 Å². The van der Waals surface area contributed by atoms with Crippen molar-refractivity contribution in [1.29, 1.82) is 0 Å². The molecule has 0 radical (unpaired) electrons. The van der Waals surface area contributed by atoms with Gasteiger partial charge in [-0.15, -0.1) is 0 Å². The summed E-state index contributed by atoms with van der Waals surface area (Å²) in [5, 5.41) is 9.94. The molecule has 126 valence electrons. The van der Waals surface area contributed by atoms with Crippen molar-refractivity contribution < 1.29 is 4.79 Å². The fourth-order valence-corrected chi connectivity index (χ4v) is 2.50. The van der Waals surface area contributed by atoms with Gasteiger partial charge in [-0.1, -0.05) is 24.6 Å². The van der Waals surface area contributed by atoms with Gasteiger partial charge in [0.15, 0.2) is 5.96 Å². The van der Waals surface area contributed by atoms with Crippen LogP contribution in [0.15, 0.2) is 23.2 Å². The number of carbonyl (C=O) groups is 1. The van der Waals surface area contributed by atoms with Crippen molar-refractivity contribution in [3.63, 3.8) is 0 Å². The number of benzene rings is 1. The summed E-state index contributed by atoms with van der Waals surface area (Å²) >= 11 is 6.11. The molecule has 0 aliphatic heterocycles. The van der Waals surface area contributed by atoms with E-state index in [1.54, 1.807) is 0 Å². The highest BCUT2D eigenvalue weighted by Gasteiger charge is 2.33. The molecule has 23 heavy (non-hydrogen) atoms. The van der Waals surface area contributed by atoms with E-state index in [0.29, 0.717) is 35.6 Å². The molecule has 3 N–H and O–H groups in total. The molecule has 0 aromatic heterocycles. The number of halogens is 1. The van der Waals surface area contributed by atoms with Gasteiger partial charge in [0.25, 0.3) is 0 Å². The highest BCUT2D eigenvalue weighted by molar-refractivity contribution is 6.33. The van der Waals surface area contributed by atoms with Crippen LogP contribution in [0.3, 0.4) is 0 Å². The van der Waals surface area contributed by atoms with E-state index in [1.165, 1.54) is 6.42 Å². The van der Waals surface area contributed by atoms with Gasteiger partial charge >= 0.3 is 0 Å².